The van der Waals surface area contributed by atoms with Crippen LogP contribution in [-0.4, -0.2) is 21.2 Å². The van der Waals surface area contributed by atoms with Crippen LogP contribution in [0.25, 0.3) is 0 Å². The van der Waals surface area contributed by atoms with Crippen molar-refractivity contribution in [3.05, 3.63) is 35.7 Å². The molecule has 1 atom stereocenters. The largest absolute Gasteiger partial charge is 0.484 e. The Morgan fingerprint density at radius 3 is 2.95 bits per heavy atom. The molecule has 0 radical (unpaired) electrons. The van der Waals surface area contributed by atoms with E-state index in [0.29, 0.717) is 24.1 Å². The van der Waals surface area contributed by atoms with Gasteiger partial charge in [-0.15, -0.1) is 0 Å². The highest BCUT2D eigenvalue weighted by Crippen LogP contribution is 2.38. The SMILES string of the molecule is CCC(N)Cc1ccc(OCc2noc(C3CC3)n2)cn1. The highest BCUT2D eigenvalue weighted by atomic mass is 16.5. The maximum Gasteiger partial charge on any atom is 0.229 e. The van der Waals surface area contributed by atoms with Crippen molar-refractivity contribution in [2.75, 3.05) is 0 Å². The predicted molar refractivity (Wildman–Crippen MR) is 76.8 cm³/mol. The molecule has 1 aliphatic carbocycles. The molecule has 2 heterocycles. The zero-order valence-corrected chi connectivity index (χ0v) is 12.2. The van der Waals surface area contributed by atoms with Crippen LogP contribution in [0.3, 0.4) is 0 Å². The molecule has 6 heteroatoms. The third kappa shape index (κ3) is 3.78. The lowest BCUT2D eigenvalue weighted by molar-refractivity contribution is 0.284. The summed E-state index contributed by atoms with van der Waals surface area (Å²) in [4.78, 5) is 8.67. The first kappa shape index (κ1) is 14.0. The van der Waals surface area contributed by atoms with Gasteiger partial charge in [-0.1, -0.05) is 12.1 Å². The molecule has 0 amide bonds. The minimum Gasteiger partial charge on any atom is -0.484 e. The van der Waals surface area contributed by atoms with Crippen LogP contribution in [0.15, 0.2) is 22.9 Å². The molecule has 0 spiro atoms. The van der Waals surface area contributed by atoms with Crippen LogP contribution >= 0.6 is 0 Å². The fourth-order valence-corrected chi connectivity index (χ4v) is 2.00. The summed E-state index contributed by atoms with van der Waals surface area (Å²) >= 11 is 0. The number of nitrogens with zero attached hydrogens (tertiary/aromatic N) is 3. The lowest BCUT2D eigenvalue weighted by Crippen LogP contribution is -2.21. The van der Waals surface area contributed by atoms with Crippen molar-refractivity contribution < 1.29 is 9.26 Å². The number of aromatic nitrogens is 3. The lowest BCUT2D eigenvalue weighted by Gasteiger charge is -2.08. The Labute approximate surface area is 123 Å². The van der Waals surface area contributed by atoms with Gasteiger partial charge in [0, 0.05) is 24.1 Å². The summed E-state index contributed by atoms with van der Waals surface area (Å²) in [5.41, 5.74) is 6.89. The van der Waals surface area contributed by atoms with Crippen molar-refractivity contribution in [2.24, 2.45) is 5.73 Å². The van der Waals surface area contributed by atoms with Crippen molar-refractivity contribution in [2.45, 2.75) is 51.2 Å². The minimum absolute atomic E-state index is 0.157. The first-order chi connectivity index (χ1) is 10.2. The number of ether oxygens (including phenoxy) is 1. The van der Waals surface area contributed by atoms with Crippen molar-refractivity contribution >= 4 is 0 Å². The molecule has 2 N–H and O–H groups in total. The molecule has 1 fully saturated rings. The molecular weight excluding hydrogens is 268 g/mol. The molecule has 2 aromatic heterocycles. The van der Waals surface area contributed by atoms with Gasteiger partial charge < -0.3 is 15.0 Å². The number of rotatable bonds is 7. The van der Waals surface area contributed by atoms with Crippen molar-refractivity contribution in [3.8, 4) is 5.75 Å². The van der Waals surface area contributed by atoms with Gasteiger partial charge in [0.1, 0.15) is 5.75 Å². The second-order valence-corrected chi connectivity index (χ2v) is 5.47. The summed E-state index contributed by atoms with van der Waals surface area (Å²) in [6.45, 7) is 2.37. The summed E-state index contributed by atoms with van der Waals surface area (Å²) < 4.78 is 10.8. The third-order valence-electron chi connectivity index (χ3n) is 3.57. The summed E-state index contributed by atoms with van der Waals surface area (Å²) in [6.07, 6.45) is 5.73. The van der Waals surface area contributed by atoms with Gasteiger partial charge in [-0.2, -0.15) is 4.98 Å². The fraction of sp³-hybridized carbons (Fsp3) is 0.533. The van der Waals surface area contributed by atoms with Crippen molar-refractivity contribution in [1.82, 2.24) is 15.1 Å². The van der Waals surface area contributed by atoms with E-state index in [1.807, 2.05) is 12.1 Å². The minimum atomic E-state index is 0.157. The molecule has 21 heavy (non-hydrogen) atoms. The molecule has 1 saturated carbocycles. The van der Waals surface area contributed by atoms with E-state index in [-0.39, 0.29) is 6.04 Å². The molecule has 0 saturated heterocycles. The molecule has 1 unspecified atom stereocenters. The highest BCUT2D eigenvalue weighted by Gasteiger charge is 2.29. The number of hydrogen-bond acceptors (Lipinski definition) is 6. The van der Waals surface area contributed by atoms with Crippen LogP contribution in [0.4, 0.5) is 0 Å². The second-order valence-electron chi connectivity index (χ2n) is 5.47. The smallest absolute Gasteiger partial charge is 0.229 e. The topological polar surface area (TPSA) is 87.1 Å². The maximum absolute atomic E-state index is 5.91. The van der Waals surface area contributed by atoms with Crippen molar-refractivity contribution in [1.29, 1.82) is 0 Å². The summed E-state index contributed by atoms with van der Waals surface area (Å²) in [7, 11) is 0. The van der Waals surface area contributed by atoms with Crippen LogP contribution in [0.1, 0.15) is 49.5 Å². The van der Waals surface area contributed by atoms with Gasteiger partial charge in [-0.25, -0.2) is 0 Å². The van der Waals surface area contributed by atoms with Crippen molar-refractivity contribution in [3.63, 3.8) is 0 Å². The Balaban J connectivity index is 1.52. The first-order valence-electron chi connectivity index (χ1n) is 7.40. The molecule has 6 nitrogen and oxygen atoms in total. The Bertz CT molecular complexity index is 578. The summed E-state index contributed by atoms with van der Waals surface area (Å²) in [6, 6.07) is 3.99. The van der Waals surface area contributed by atoms with Crippen LogP contribution in [0.2, 0.25) is 0 Å². The van der Waals surface area contributed by atoms with Gasteiger partial charge >= 0.3 is 0 Å². The maximum atomic E-state index is 5.91. The number of nitrogens with two attached hydrogens (primary N) is 1. The molecule has 0 aliphatic heterocycles. The number of pyridine rings is 1. The van der Waals surface area contributed by atoms with E-state index in [1.54, 1.807) is 6.20 Å². The van der Waals surface area contributed by atoms with E-state index in [9.17, 15) is 0 Å². The normalized spacial score (nSPS) is 15.9. The molecule has 1 aliphatic rings. The zero-order chi connectivity index (χ0) is 14.7. The monoisotopic (exact) mass is 288 g/mol. The number of hydrogen-bond donors (Lipinski definition) is 1. The molecule has 112 valence electrons. The Kier molecular flexibility index (Phi) is 4.15. The zero-order valence-electron chi connectivity index (χ0n) is 12.2. The highest BCUT2D eigenvalue weighted by molar-refractivity contribution is 5.20. The average molecular weight is 288 g/mol. The van der Waals surface area contributed by atoms with Gasteiger partial charge in [0.25, 0.3) is 0 Å². The van der Waals surface area contributed by atoms with Crippen LogP contribution in [0.5, 0.6) is 5.75 Å². The molecule has 0 aromatic carbocycles. The van der Waals surface area contributed by atoms with Gasteiger partial charge in [-0.3, -0.25) is 4.98 Å². The standard InChI is InChI=1S/C15H20N4O2/c1-2-11(16)7-12-5-6-13(8-17-12)20-9-14-18-15(21-19-14)10-3-4-10/h5-6,8,10-11H,2-4,7,9,16H2,1H3. The van der Waals surface area contributed by atoms with E-state index >= 15 is 0 Å². The van der Waals surface area contributed by atoms with E-state index in [0.717, 1.165) is 37.3 Å². The van der Waals surface area contributed by atoms with E-state index in [4.69, 9.17) is 15.0 Å². The average Bonchev–Trinajstić information content (AvgIpc) is 3.25. The summed E-state index contributed by atoms with van der Waals surface area (Å²) in [5, 5.41) is 3.91. The van der Waals surface area contributed by atoms with Gasteiger partial charge in [0.2, 0.25) is 11.7 Å². The second kappa shape index (κ2) is 6.22. The van der Waals surface area contributed by atoms with Crippen LogP contribution < -0.4 is 10.5 Å². The Morgan fingerprint density at radius 2 is 2.29 bits per heavy atom. The molecular formula is C15H20N4O2. The van der Waals surface area contributed by atoms with Crippen LogP contribution in [0, 0.1) is 0 Å². The third-order valence-corrected chi connectivity index (χ3v) is 3.57. The van der Waals surface area contributed by atoms with Gasteiger partial charge in [0.05, 0.1) is 6.20 Å². The predicted octanol–water partition coefficient (Wildman–Crippen LogP) is 2.20. The van der Waals surface area contributed by atoms with Gasteiger partial charge in [-0.05, 0) is 31.4 Å². The quantitative estimate of drug-likeness (QED) is 0.840. The van der Waals surface area contributed by atoms with Gasteiger partial charge in [0.15, 0.2) is 6.61 Å². The van der Waals surface area contributed by atoms with Crippen LogP contribution in [-0.2, 0) is 13.0 Å². The van der Waals surface area contributed by atoms with E-state index in [1.165, 1.54) is 0 Å². The molecule has 2 aromatic rings. The fourth-order valence-electron chi connectivity index (χ4n) is 2.00. The summed E-state index contributed by atoms with van der Waals surface area (Å²) in [5.74, 6) is 2.47. The molecule has 0 bridgehead atoms. The molecule has 3 rings (SSSR count). The van der Waals surface area contributed by atoms with E-state index in [2.05, 4.69) is 22.0 Å². The first-order valence-corrected chi connectivity index (χ1v) is 7.40. The Hall–Kier alpha value is -1.95. The van der Waals surface area contributed by atoms with E-state index < -0.39 is 0 Å². The lowest BCUT2D eigenvalue weighted by atomic mass is 10.1. The Morgan fingerprint density at radius 1 is 1.43 bits per heavy atom.